The zero-order valence-corrected chi connectivity index (χ0v) is 13.1. The molecular formula is C13H16Cl2N4O. The van der Waals surface area contributed by atoms with Crippen molar-refractivity contribution in [3.63, 3.8) is 0 Å². The van der Waals surface area contributed by atoms with Crippen molar-refractivity contribution in [3.05, 3.63) is 16.4 Å². The van der Waals surface area contributed by atoms with Crippen molar-refractivity contribution in [2.75, 3.05) is 18.0 Å². The van der Waals surface area contributed by atoms with E-state index in [4.69, 9.17) is 27.9 Å². The normalized spacial score (nSPS) is 23.6. The summed E-state index contributed by atoms with van der Waals surface area (Å²) in [5.74, 6) is 0.868. The number of nitrogens with zero attached hydrogens (tertiary/aromatic N) is 4. The van der Waals surface area contributed by atoms with E-state index in [-0.39, 0.29) is 12.2 Å². The Labute approximate surface area is 127 Å². The van der Waals surface area contributed by atoms with Crippen molar-refractivity contribution in [2.45, 2.75) is 26.1 Å². The van der Waals surface area contributed by atoms with E-state index in [1.54, 1.807) is 6.07 Å². The maximum atomic E-state index is 6.13. The van der Waals surface area contributed by atoms with Crippen molar-refractivity contribution in [1.29, 1.82) is 0 Å². The Morgan fingerprint density at radius 2 is 1.85 bits per heavy atom. The summed E-state index contributed by atoms with van der Waals surface area (Å²) in [6.07, 6.45) is 0.353. The van der Waals surface area contributed by atoms with Gasteiger partial charge >= 0.3 is 0 Å². The minimum absolute atomic E-state index is 0.177. The Hall–Kier alpha value is -1.04. The minimum atomic E-state index is 0.177. The number of rotatable bonds is 1. The number of pyridine rings is 1. The van der Waals surface area contributed by atoms with Crippen molar-refractivity contribution in [2.24, 2.45) is 7.05 Å². The lowest BCUT2D eigenvalue weighted by atomic mass is 10.2. The van der Waals surface area contributed by atoms with Gasteiger partial charge in [0.1, 0.15) is 10.7 Å². The fraction of sp³-hybridized carbons (Fsp3) is 0.538. The largest absolute Gasteiger partial charge is 0.372 e. The second kappa shape index (κ2) is 5.06. The summed E-state index contributed by atoms with van der Waals surface area (Å²) in [5.41, 5.74) is 1.57. The predicted molar refractivity (Wildman–Crippen MR) is 80.8 cm³/mol. The van der Waals surface area contributed by atoms with E-state index in [1.165, 1.54) is 0 Å². The molecule has 0 aromatic carbocycles. The number of aromatic nitrogens is 3. The van der Waals surface area contributed by atoms with Crippen LogP contribution in [0.4, 0.5) is 5.95 Å². The van der Waals surface area contributed by atoms with E-state index in [0.717, 1.165) is 24.6 Å². The summed E-state index contributed by atoms with van der Waals surface area (Å²) in [6.45, 7) is 5.74. The minimum Gasteiger partial charge on any atom is -0.372 e. The molecule has 0 aliphatic carbocycles. The summed E-state index contributed by atoms with van der Waals surface area (Å²) in [7, 11) is 1.96. The fourth-order valence-electron chi connectivity index (χ4n) is 2.73. The smallest absolute Gasteiger partial charge is 0.206 e. The standard InChI is InChI=1S/C13H16Cl2N4O/c1-7-5-19(6-8(2)20-7)13-17-11-9(18(13)3)4-10(14)16-12(11)15/h4,7-8H,5-6H2,1-3H3/t7-,8+. The number of anilines is 1. The number of hydrogen-bond donors (Lipinski definition) is 0. The van der Waals surface area contributed by atoms with Gasteiger partial charge in [-0.15, -0.1) is 0 Å². The molecule has 0 amide bonds. The summed E-state index contributed by atoms with van der Waals surface area (Å²) in [5, 5.41) is 0.712. The van der Waals surface area contributed by atoms with E-state index < -0.39 is 0 Å². The van der Waals surface area contributed by atoms with Crippen LogP contribution in [-0.4, -0.2) is 39.8 Å². The quantitative estimate of drug-likeness (QED) is 0.759. The molecule has 2 aromatic heterocycles. The maximum absolute atomic E-state index is 6.13. The molecule has 5 nitrogen and oxygen atoms in total. The third-order valence-corrected chi connectivity index (χ3v) is 3.93. The molecule has 2 aromatic rings. The fourth-order valence-corrected chi connectivity index (χ4v) is 3.19. The third-order valence-electron chi connectivity index (χ3n) is 3.47. The molecule has 7 heteroatoms. The Morgan fingerprint density at radius 3 is 2.50 bits per heavy atom. The molecule has 1 aliphatic heterocycles. The van der Waals surface area contributed by atoms with Crippen LogP contribution in [0.5, 0.6) is 0 Å². The number of imidazole rings is 1. The van der Waals surface area contributed by atoms with E-state index in [2.05, 4.69) is 28.7 Å². The van der Waals surface area contributed by atoms with Crippen LogP contribution in [0.1, 0.15) is 13.8 Å². The van der Waals surface area contributed by atoms with Crippen molar-refractivity contribution in [1.82, 2.24) is 14.5 Å². The van der Waals surface area contributed by atoms with Crippen molar-refractivity contribution < 1.29 is 4.74 Å². The number of fused-ring (bicyclic) bond motifs is 1. The van der Waals surface area contributed by atoms with Crippen molar-refractivity contribution >= 4 is 40.2 Å². The molecule has 3 rings (SSSR count). The van der Waals surface area contributed by atoms with Crippen molar-refractivity contribution in [3.8, 4) is 0 Å². The molecular weight excluding hydrogens is 299 g/mol. The molecule has 0 radical (unpaired) electrons. The van der Waals surface area contributed by atoms with Gasteiger partial charge in [0, 0.05) is 26.2 Å². The highest BCUT2D eigenvalue weighted by Crippen LogP contribution is 2.29. The molecule has 0 bridgehead atoms. The van der Waals surface area contributed by atoms with Crippen LogP contribution < -0.4 is 4.90 Å². The van der Waals surface area contributed by atoms with Crippen LogP contribution in [0.2, 0.25) is 10.3 Å². The van der Waals surface area contributed by atoms with Crippen LogP contribution >= 0.6 is 23.2 Å². The van der Waals surface area contributed by atoms with Crippen LogP contribution in [0.25, 0.3) is 11.0 Å². The zero-order valence-electron chi connectivity index (χ0n) is 11.6. The molecule has 1 saturated heterocycles. The molecule has 0 N–H and O–H groups in total. The van der Waals surface area contributed by atoms with E-state index in [0.29, 0.717) is 15.8 Å². The van der Waals surface area contributed by atoms with Gasteiger partial charge in [-0.05, 0) is 13.8 Å². The molecule has 1 aliphatic rings. The summed E-state index contributed by atoms with van der Waals surface area (Å²) in [4.78, 5) is 10.9. The molecule has 0 saturated carbocycles. The van der Waals surface area contributed by atoms with Gasteiger partial charge in [-0.1, -0.05) is 23.2 Å². The molecule has 20 heavy (non-hydrogen) atoms. The summed E-state index contributed by atoms with van der Waals surface area (Å²) in [6, 6.07) is 1.78. The predicted octanol–water partition coefficient (Wildman–Crippen LogP) is 2.89. The highest BCUT2D eigenvalue weighted by atomic mass is 35.5. The number of halogens is 2. The second-order valence-electron chi connectivity index (χ2n) is 5.24. The van der Waals surface area contributed by atoms with Crippen LogP contribution in [0.15, 0.2) is 6.07 Å². The van der Waals surface area contributed by atoms with Crippen LogP contribution in [-0.2, 0) is 11.8 Å². The highest BCUT2D eigenvalue weighted by molar-refractivity contribution is 6.36. The van der Waals surface area contributed by atoms with Crippen LogP contribution in [0, 0.1) is 0 Å². The first kappa shape index (κ1) is 13.9. The van der Waals surface area contributed by atoms with Gasteiger partial charge in [-0.2, -0.15) is 0 Å². The Balaban J connectivity index is 2.08. The highest BCUT2D eigenvalue weighted by Gasteiger charge is 2.26. The molecule has 0 spiro atoms. The lowest BCUT2D eigenvalue weighted by molar-refractivity contribution is -0.00582. The lowest BCUT2D eigenvalue weighted by Gasteiger charge is -2.35. The van der Waals surface area contributed by atoms with Gasteiger partial charge in [0.2, 0.25) is 5.95 Å². The Bertz CT molecular complexity index is 647. The molecule has 1 fully saturated rings. The first-order valence-electron chi connectivity index (χ1n) is 6.54. The van der Waals surface area contributed by atoms with Gasteiger partial charge in [0.05, 0.1) is 17.7 Å². The van der Waals surface area contributed by atoms with E-state index in [9.17, 15) is 0 Å². The number of ether oxygens (including phenoxy) is 1. The first-order valence-corrected chi connectivity index (χ1v) is 7.30. The van der Waals surface area contributed by atoms with E-state index in [1.807, 2.05) is 11.6 Å². The molecule has 3 heterocycles. The van der Waals surface area contributed by atoms with Crippen LogP contribution in [0.3, 0.4) is 0 Å². The number of aryl methyl sites for hydroxylation is 1. The zero-order chi connectivity index (χ0) is 14.4. The average molecular weight is 315 g/mol. The second-order valence-corrected chi connectivity index (χ2v) is 5.98. The molecule has 0 unspecified atom stereocenters. The lowest BCUT2D eigenvalue weighted by Crippen LogP contribution is -2.46. The number of morpholine rings is 1. The van der Waals surface area contributed by atoms with Gasteiger partial charge in [0.15, 0.2) is 5.15 Å². The number of hydrogen-bond acceptors (Lipinski definition) is 4. The Morgan fingerprint density at radius 1 is 1.20 bits per heavy atom. The summed E-state index contributed by atoms with van der Waals surface area (Å²) < 4.78 is 7.76. The Kier molecular flexibility index (Phi) is 3.52. The summed E-state index contributed by atoms with van der Waals surface area (Å²) >= 11 is 12.1. The molecule has 108 valence electrons. The monoisotopic (exact) mass is 314 g/mol. The van der Waals surface area contributed by atoms with Gasteiger partial charge in [0.25, 0.3) is 0 Å². The SMILES string of the molecule is C[C@@H]1CN(c2nc3c(Cl)nc(Cl)cc3n2C)C[C@H](C)O1. The van der Waals surface area contributed by atoms with Gasteiger partial charge < -0.3 is 14.2 Å². The average Bonchev–Trinajstić information content (AvgIpc) is 2.66. The third kappa shape index (κ3) is 2.34. The first-order chi connectivity index (χ1) is 9.45. The van der Waals surface area contributed by atoms with E-state index >= 15 is 0 Å². The molecule has 2 atom stereocenters. The van der Waals surface area contributed by atoms with Gasteiger partial charge in [-0.3, -0.25) is 0 Å². The maximum Gasteiger partial charge on any atom is 0.206 e. The topological polar surface area (TPSA) is 43.2 Å². The van der Waals surface area contributed by atoms with Gasteiger partial charge in [-0.25, -0.2) is 9.97 Å².